The number of hydrogen-bond acceptors (Lipinski definition) is 3. The standard InChI is InChI=1S/C18H24Cl2N2O2/c1-17(2)9-12(10-18(3,4)22-17)21-16(24)15(23)8-11-5-6-13(19)14(20)7-11/h5-7,12,22H,8-10H2,1-4H3,(H,21,24). The Labute approximate surface area is 153 Å². The Morgan fingerprint density at radius 3 is 2.25 bits per heavy atom. The minimum atomic E-state index is -0.542. The molecule has 2 rings (SSSR count). The van der Waals surface area contributed by atoms with Crippen molar-refractivity contribution in [2.75, 3.05) is 0 Å². The number of rotatable bonds is 4. The predicted molar refractivity (Wildman–Crippen MR) is 97.6 cm³/mol. The fourth-order valence-electron chi connectivity index (χ4n) is 3.61. The van der Waals surface area contributed by atoms with Gasteiger partial charge in [0.25, 0.3) is 5.91 Å². The maximum atomic E-state index is 12.2. The molecule has 0 radical (unpaired) electrons. The van der Waals surface area contributed by atoms with Crippen molar-refractivity contribution in [2.24, 2.45) is 0 Å². The van der Waals surface area contributed by atoms with Crippen LogP contribution in [0.3, 0.4) is 0 Å². The van der Waals surface area contributed by atoms with E-state index in [1.54, 1.807) is 18.2 Å². The maximum absolute atomic E-state index is 12.2. The molecular formula is C18H24Cl2N2O2. The molecular weight excluding hydrogens is 347 g/mol. The number of piperidine rings is 1. The van der Waals surface area contributed by atoms with Gasteiger partial charge in [-0.05, 0) is 58.2 Å². The highest BCUT2D eigenvalue weighted by Crippen LogP contribution is 2.28. The predicted octanol–water partition coefficient (Wildman–Crippen LogP) is 3.53. The van der Waals surface area contributed by atoms with Crippen molar-refractivity contribution in [2.45, 2.75) is 64.1 Å². The number of carbonyl (C=O) groups is 2. The second-order valence-electron chi connectivity index (χ2n) is 7.82. The molecule has 2 N–H and O–H groups in total. The van der Waals surface area contributed by atoms with Crippen LogP contribution >= 0.6 is 23.2 Å². The Balaban J connectivity index is 1.98. The van der Waals surface area contributed by atoms with Gasteiger partial charge in [0.05, 0.1) is 10.0 Å². The van der Waals surface area contributed by atoms with Crippen LogP contribution < -0.4 is 10.6 Å². The minimum absolute atomic E-state index is 0.0144. The molecule has 4 nitrogen and oxygen atoms in total. The van der Waals surface area contributed by atoms with E-state index >= 15 is 0 Å². The van der Waals surface area contributed by atoms with Crippen LogP contribution in [0.5, 0.6) is 0 Å². The summed E-state index contributed by atoms with van der Waals surface area (Å²) in [7, 11) is 0. The summed E-state index contributed by atoms with van der Waals surface area (Å²) >= 11 is 11.8. The molecule has 132 valence electrons. The second-order valence-corrected chi connectivity index (χ2v) is 8.63. The van der Waals surface area contributed by atoms with Gasteiger partial charge in [0.1, 0.15) is 0 Å². The van der Waals surface area contributed by atoms with Gasteiger partial charge in [-0.1, -0.05) is 29.3 Å². The molecule has 1 fully saturated rings. The lowest BCUT2D eigenvalue weighted by Crippen LogP contribution is -2.62. The molecule has 1 saturated heterocycles. The molecule has 1 heterocycles. The van der Waals surface area contributed by atoms with E-state index in [0.29, 0.717) is 15.6 Å². The third-order valence-corrected chi connectivity index (χ3v) is 4.87. The molecule has 24 heavy (non-hydrogen) atoms. The van der Waals surface area contributed by atoms with Crippen molar-refractivity contribution >= 4 is 34.9 Å². The van der Waals surface area contributed by atoms with E-state index in [1.807, 2.05) is 0 Å². The van der Waals surface area contributed by atoms with Crippen molar-refractivity contribution < 1.29 is 9.59 Å². The largest absolute Gasteiger partial charge is 0.347 e. The highest BCUT2D eigenvalue weighted by Gasteiger charge is 2.38. The van der Waals surface area contributed by atoms with Gasteiger partial charge in [-0.2, -0.15) is 0 Å². The summed E-state index contributed by atoms with van der Waals surface area (Å²) in [5, 5.41) is 7.25. The molecule has 0 aromatic heterocycles. The summed E-state index contributed by atoms with van der Waals surface area (Å²) in [6, 6.07) is 4.92. The number of benzene rings is 1. The Morgan fingerprint density at radius 2 is 1.71 bits per heavy atom. The first kappa shape index (κ1) is 19.2. The Kier molecular flexibility index (Phi) is 5.63. The van der Waals surface area contributed by atoms with Crippen molar-refractivity contribution in [1.29, 1.82) is 0 Å². The summed E-state index contributed by atoms with van der Waals surface area (Å²) in [5.74, 6) is -1.01. The van der Waals surface area contributed by atoms with E-state index in [9.17, 15) is 9.59 Å². The zero-order valence-electron chi connectivity index (χ0n) is 14.5. The molecule has 0 atom stereocenters. The van der Waals surface area contributed by atoms with Crippen LogP contribution in [0.1, 0.15) is 46.1 Å². The van der Waals surface area contributed by atoms with Crippen molar-refractivity contribution in [1.82, 2.24) is 10.6 Å². The summed E-state index contributed by atoms with van der Waals surface area (Å²) < 4.78 is 0. The van der Waals surface area contributed by atoms with Gasteiger partial charge in [0, 0.05) is 23.5 Å². The van der Waals surface area contributed by atoms with Crippen molar-refractivity contribution in [3.05, 3.63) is 33.8 Å². The van der Waals surface area contributed by atoms with Crippen LogP contribution in [0.25, 0.3) is 0 Å². The normalized spacial score (nSPS) is 19.8. The number of amides is 1. The zero-order valence-corrected chi connectivity index (χ0v) is 16.0. The van der Waals surface area contributed by atoms with Crippen molar-refractivity contribution in [3.63, 3.8) is 0 Å². The quantitative estimate of drug-likeness (QED) is 0.796. The van der Waals surface area contributed by atoms with Gasteiger partial charge in [0.15, 0.2) is 0 Å². The third-order valence-electron chi connectivity index (χ3n) is 4.13. The van der Waals surface area contributed by atoms with E-state index in [1.165, 1.54) is 0 Å². The number of Topliss-reactive ketones (excluding diaryl/α,β-unsaturated/α-hetero) is 1. The van der Waals surface area contributed by atoms with Gasteiger partial charge in [0.2, 0.25) is 5.78 Å². The molecule has 0 saturated carbocycles. The zero-order chi connectivity index (χ0) is 18.1. The lowest BCUT2D eigenvalue weighted by Gasteiger charge is -2.46. The number of halogens is 2. The SMILES string of the molecule is CC1(C)CC(NC(=O)C(=O)Cc2ccc(Cl)c(Cl)c2)CC(C)(C)N1. The van der Waals surface area contributed by atoms with E-state index in [4.69, 9.17) is 23.2 Å². The van der Waals surface area contributed by atoms with Gasteiger partial charge in [-0.25, -0.2) is 0 Å². The molecule has 1 aromatic carbocycles. The molecule has 1 aliphatic rings. The smallest absolute Gasteiger partial charge is 0.287 e. The fourth-order valence-corrected chi connectivity index (χ4v) is 3.93. The third kappa shape index (κ3) is 5.20. The molecule has 0 spiro atoms. The summed E-state index contributed by atoms with van der Waals surface area (Å²) in [4.78, 5) is 24.5. The maximum Gasteiger partial charge on any atom is 0.287 e. The van der Waals surface area contributed by atoms with Gasteiger partial charge < -0.3 is 10.6 Å². The van der Waals surface area contributed by atoms with Crippen LogP contribution in [0.15, 0.2) is 18.2 Å². The first-order valence-corrected chi connectivity index (χ1v) is 8.80. The molecule has 1 amide bonds. The van der Waals surface area contributed by atoms with Gasteiger partial charge in [-0.15, -0.1) is 0 Å². The fraction of sp³-hybridized carbons (Fsp3) is 0.556. The monoisotopic (exact) mass is 370 g/mol. The number of nitrogens with one attached hydrogen (secondary N) is 2. The topological polar surface area (TPSA) is 58.2 Å². The lowest BCUT2D eigenvalue weighted by molar-refractivity contribution is -0.138. The molecule has 0 unspecified atom stereocenters. The average molecular weight is 371 g/mol. The van der Waals surface area contributed by atoms with Gasteiger partial charge >= 0.3 is 0 Å². The van der Waals surface area contributed by atoms with Crippen LogP contribution in [0, 0.1) is 0 Å². The van der Waals surface area contributed by atoms with E-state index in [-0.39, 0.29) is 23.5 Å². The summed E-state index contributed by atoms with van der Waals surface area (Å²) in [6.07, 6.45) is 1.57. The molecule has 6 heteroatoms. The number of ketones is 1. The van der Waals surface area contributed by atoms with Crippen LogP contribution in [-0.4, -0.2) is 28.8 Å². The highest BCUT2D eigenvalue weighted by atomic mass is 35.5. The van der Waals surface area contributed by atoms with Crippen LogP contribution in [0.2, 0.25) is 10.0 Å². The second kappa shape index (κ2) is 7.03. The van der Waals surface area contributed by atoms with Gasteiger partial charge in [-0.3, -0.25) is 9.59 Å². The number of carbonyl (C=O) groups excluding carboxylic acids is 2. The first-order valence-electron chi connectivity index (χ1n) is 8.04. The Morgan fingerprint density at radius 1 is 1.12 bits per heavy atom. The van der Waals surface area contributed by atoms with E-state index in [2.05, 4.69) is 38.3 Å². The lowest BCUT2D eigenvalue weighted by atomic mass is 9.79. The van der Waals surface area contributed by atoms with Crippen LogP contribution in [-0.2, 0) is 16.0 Å². The number of hydrogen-bond donors (Lipinski definition) is 2. The Bertz CT molecular complexity index is 640. The molecule has 1 aromatic rings. The van der Waals surface area contributed by atoms with E-state index < -0.39 is 11.7 Å². The summed E-state index contributed by atoms with van der Waals surface area (Å²) in [6.45, 7) is 8.41. The van der Waals surface area contributed by atoms with Crippen molar-refractivity contribution in [3.8, 4) is 0 Å². The average Bonchev–Trinajstić information content (AvgIpc) is 2.39. The van der Waals surface area contributed by atoms with E-state index in [0.717, 1.165) is 12.8 Å². The Hall–Kier alpha value is -1.10. The van der Waals surface area contributed by atoms with Crippen LogP contribution in [0.4, 0.5) is 0 Å². The highest BCUT2D eigenvalue weighted by molar-refractivity contribution is 6.42. The molecule has 0 bridgehead atoms. The minimum Gasteiger partial charge on any atom is -0.347 e. The summed E-state index contributed by atoms with van der Waals surface area (Å²) in [5.41, 5.74) is 0.495. The molecule has 0 aliphatic carbocycles. The first-order chi connectivity index (χ1) is 11.0. The molecule has 1 aliphatic heterocycles.